The normalized spacial score (nSPS) is 10.4. The predicted octanol–water partition coefficient (Wildman–Crippen LogP) is 2.67. The van der Waals surface area contributed by atoms with Crippen molar-refractivity contribution in [2.75, 3.05) is 6.54 Å². The summed E-state index contributed by atoms with van der Waals surface area (Å²) in [7, 11) is 0. The molecule has 0 atom stereocenters. The van der Waals surface area contributed by atoms with Crippen LogP contribution >= 0.6 is 0 Å². The van der Waals surface area contributed by atoms with Gasteiger partial charge in [-0.05, 0) is 12.1 Å². The summed E-state index contributed by atoms with van der Waals surface area (Å²) in [4.78, 5) is 23.7. The van der Waals surface area contributed by atoms with Gasteiger partial charge in [-0.3, -0.25) is 9.59 Å². The van der Waals surface area contributed by atoms with E-state index in [0.29, 0.717) is 17.5 Å². The summed E-state index contributed by atoms with van der Waals surface area (Å²) in [6.45, 7) is -0.264. The van der Waals surface area contributed by atoms with E-state index in [4.69, 9.17) is 4.52 Å². The minimum atomic E-state index is -0.871. The third-order valence-corrected chi connectivity index (χ3v) is 3.62. The van der Waals surface area contributed by atoms with E-state index in [1.165, 1.54) is 0 Å². The highest BCUT2D eigenvalue weighted by atomic mass is 19.1. The number of hydrogen-bond acceptors (Lipinski definition) is 4. The number of benzene rings is 2. The monoisotopic (exact) mass is 371 g/mol. The molecule has 0 aliphatic carbocycles. The maximum Gasteiger partial charge on any atom is 0.251 e. The molecule has 27 heavy (non-hydrogen) atoms. The van der Waals surface area contributed by atoms with Crippen molar-refractivity contribution in [3.8, 4) is 11.3 Å². The highest BCUT2D eigenvalue weighted by Crippen LogP contribution is 2.18. The highest BCUT2D eigenvalue weighted by Gasteiger charge is 2.12. The molecule has 0 aliphatic rings. The first-order chi connectivity index (χ1) is 13.0. The Morgan fingerprint density at radius 3 is 2.37 bits per heavy atom. The molecule has 1 heterocycles. The Morgan fingerprint density at radius 1 is 0.963 bits per heavy atom. The van der Waals surface area contributed by atoms with Crippen LogP contribution in [0.5, 0.6) is 0 Å². The fourth-order valence-corrected chi connectivity index (χ4v) is 2.34. The molecule has 0 saturated carbocycles. The van der Waals surface area contributed by atoms with Gasteiger partial charge in [-0.2, -0.15) is 0 Å². The van der Waals surface area contributed by atoms with Crippen molar-refractivity contribution in [2.24, 2.45) is 0 Å². The minimum Gasteiger partial charge on any atom is -0.359 e. The van der Waals surface area contributed by atoms with E-state index >= 15 is 0 Å². The Kier molecular flexibility index (Phi) is 5.55. The van der Waals surface area contributed by atoms with Crippen LogP contribution in [0.3, 0.4) is 0 Å². The molecule has 0 saturated heterocycles. The van der Waals surface area contributed by atoms with Crippen molar-refractivity contribution in [2.45, 2.75) is 6.54 Å². The van der Waals surface area contributed by atoms with Crippen molar-refractivity contribution in [3.05, 3.63) is 77.6 Å². The molecule has 3 aromatic rings. The summed E-state index contributed by atoms with van der Waals surface area (Å²) < 4.78 is 31.4. The number of carbonyl (C=O) groups is 2. The lowest BCUT2D eigenvalue weighted by molar-refractivity contribution is -0.120. The molecule has 0 aliphatic heterocycles. The molecule has 0 unspecified atom stereocenters. The Balaban J connectivity index is 1.49. The zero-order valence-corrected chi connectivity index (χ0v) is 14.0. The molecule has 6 nitrogen and oxygen atoms in total. The van der Waals surface area contributed by atoms with Crippen molar-refractivity contribution in [3.63, 3.8) is 0 Å². The Labute approximate surface area is 153 Å². The van der Waals surface area contributed by atoms with Gasteiger partial charge in [-0.25, -0.2) is 8.78 Å². The summed E-state index contributed by atoms with van der Waals surface area (Å²) in [5.41, 5.74) is 1.32. The summed E-state index contributed by atoms with van der Waals surface area (Å²) >= 11 is 0. The number of aromatic nitrogens is 1. The van der Waals surface area contributed by atoms with Gasteiger partial charge in [0.2, 0.25) is 5.91 Å². The van der Waals surface area contributed by atoms with Crippen LogP contribution in [-0.2, 0) is 11.3 Å². The number of hydrogen-bond donors (Lipinski definition) is 2. The predicted molar refractivity (Wildman–Crippen MR) is 92.5 cm³/mol. The van der Waals surface area contributed by atoms with Crippen molar-refractivity contribution < 1.29 is 22.9 Å². The maximum atomic E-state index is 13.1. The van der Waals surface area contributed by atoms with Gasteiger partial charge in [-0.1, -0.05) is 35.5 Å². The van der Waals surface area contributed by atoms with Crippen LogP contribution in [0.4, 0.5) is 8.78 Å². The second kappa shape index (κ2) is 8.22. The molecular weight excluding hydrogens is 356 g/mol. The van der Waals surface area contributed by atoms with Gasteiger partial charge in [0.15, 0.2) is 5.76 Å². The first kappa shape index (κ1) is 18.2. The first-order valence-electron chi connectivity index (χ1n) is 8.03. The molecule has 2 aromatic carbocycles. The summed E-state index contributed by atoms with van der Waals surface area (Å²) in [6, 6.07) is 13.5. The topological polar surface area (TPSA) is 84.2 Å². The van der Waals surface area contributed by atoms with Crippen LogP contribution in [0.2, 0.25) is 0 Å². The number of rotatable bonds is 6. The molecule has 1 aromatic heterocycles. The van der Waals surface area contributed by atoms with E-state index in [2.05, 4.69) is 15.8 Å². The number of amides is 2. The summed E-state index contributed by atoms with van der Waals surface area (Å²) in [5, 5.41) is 8.78. The molecule has 138 valence electrons. The highest BCUT2D eigenvalue weighted by molar-refractivity contribution is 5.96. The van der Waals surface area contributed by atoms with E-state index in [-0.39, 0.29) is 18.7 Å². The SMILES string of the molecule is O=C(CNC(=O)c1cc(F)cc(F)c1)NCc1cc(-c2ccccc2)no1. The summed E-state index contributed by atoms with van der Waals surface area (Å²) in [5.74, 6) is -2.54. The lowest BCUT2D eigenvalue weighted by atomic mass is 10.1. The molecule has 0 radical (unpaired) electrons. The quantitative estimate of drug-likeness (QED) is 0.698. The molecule has 2 amide bonds. The smallest absolute Gasteiger partial charge is 0.251 e. The first-order valence-corrected chi connectivity index (χ1v) is 8.03. The summed E-state index contributed by atoms with van der Waals surface area (Å²) in [6.07, 6.45) is 0. The molecule has 0 bridgehead atoms. The zero-order valence-electron chi connectivity index (χ0n) is 14.0. The average Bonchev–Trinajstić information content (AvgIpc) is 3.13. The standard InChI is InChI=1S/C19H15F2N3O3/c20-14-6-13(7-15(21)8-14)19(26)23-11-18(25)22-10-16-9-17(24-27-16)12-4-2-1-3-5-12/h1-9H,10-11H2,(H,22,25)(H,23,26). The molecule has 8 heteroatoms. The van der Waals surface area contributed by atoms with Crippen LogP contribution in [0, 0.1) is 11.6 Å². The Hall–Kier alpha value is -3.55. The number of halogens is 2. The van der Waals surface area contributed by atoms with Gasteiger partial charge in [0.25, 0.3) is 5.91 Å². The largest absolute Gasteiger partial charge is 0.359 e. The third kappa shape index (κ3) is 4.97. The molecule has 0 spiro atoms. The number of nitrogens with zero attached hydrogens (tertiary/aromatic N) is 1. The van der Waals surface area contributed by atoms with Crippen molar-refractivity contribution in [1.29, 1.82) is 0 Å². The lowest BCUT2D eigenvalue weighted by Gasteiger charge is -2.06. The van der Waals surface area contributed by atoms with Crippen molar-refractivity contribution in [1.82, 2.24) is 15.8 Å². The maximum absolute atomic E-state index is 13.1. The van der Waals surface area contributed by atoms with Gasteiger partial charge in [-0.15, -0.1) is 0 Å². The fourth-order valence-electron chi connectivity index (χ4n) is 2.34. The van der Waals surface area contributed by atoms with Crippen LogP contribution in [0.15, 0.2) is 59.1 Å². The molecule has 2 N–H and O–H groups in total. The van der Waals surface area contributed by atoms with E-state index in [9.17, 15) is 18.4 Å². The van der Waals surface area contributed by atoms with E-state index in [0.717, 1.165) is 17.7 Å². The van der Waals surface area contributed by atoms with Gasteiger partial charge < -0.3 is 15.2 Å². The Morgan fingerprint density at radius 2 is 1.67 bits per heavy atom. The van der Waals surface area contributed by atoms with Crippen molar-refractivity contribution >= 4 is 11.8 Å². The van der Waals surface area contributed by atoms with E-state index < -0.39 is 23.4 Å². The number of carbonyl (C=O) groups excluding carboxylic acids is 2. The lowest BCUT2D eigenvalue weighted by Crippen LogP contribution is -2.36. The average molecular weight is 371 g/mol. The van der Waals surface area contributed by atoms with Gasteiger partial charge in [0.05, 0.1) is 13.1 Å². The van der Waals surface area contributed by atoms with Crippen LogP contribution in [-0.4, -0.2) is 23.5 Å². The van der Waals surface area contributed by atoms with Crippen LogP contribution < -0.4 is 10.6 Å². The van der Waals surface area contributed by atoms with Gasteiger partial charge >= 0.3 is 0 Å². The van der Waals surface area contributed by atoms with Gasteiger partial charge in [0.1, 0.15) is 17.3 Å². The number of nitrogens with one attached hydrogen (secondary N) is 2. The second-order valence-electron chi connectivity index (χ2n) is 5.66. The van der Waals surface area contributed by atoms with Crippen LogP contribution in [0.1, 0.15) is 16.1 Å². The minimum absolute atomic E-state index is 0.0864. The van der Waals surface area contributed by atoms with Gasteiger partial charge in [0, 0.05) is 23.3 Å². The second-order valence-corrected chi connectivity index (χ2v) is 5.66. The van der Waals surface area contributed by atoms with E-state index in [1.807, 2.05) is 30.3 Å². The fraction of sp³-hybridized carbons (Fsp3) is 0.105. The van der Waals surface area contributed by atoms with Crippen LogP contribution in [0.25, 0.3) is 11.3 Å². The molecular formula is C19H15F2N3O3. The zero-order chi connectivity index (χ0) is 19.2. The van der Waals surface area contributed by atoms with E-state index in [1.54, 1.807) is 6.07 Å². The molecule has 0 fully saturated rings. The third-order valence-electron chi connectivity index (χ3n) is 3.62. The Bertz CT molecular complexity index is 938. The molecule has 3 rings (SSSR count).